The molecule has 0 aliphatic carbocycles. The first-order chi connectivity index (χ1) is 13.6. The monoisotopic (exact) mass is 382 g/mol. The highest BCUT2D eigenvalue weighted by atomic mass is 16.5. The Labute approximate surface area is 165 Å². The van der Waals surface area contributed by atoms with Crippen LogP contribution in [-0.2, 0) is 11.2 Å². The first-order valence-corrected chi connectivity index (χ1v) is 9.45. The molecule has 2 rings (SSSR count). The number of unbranched alkanes of at least 4 members (excludes halogenated alkanes) is 3. The van der Waals surface area contributed by atoms with Crippen LogP contribution in [0.3, 0.4) is 0 Å². The zero-order valence-corrected chi connectivity index (χ0v) is 15.8. The van der Waals surface area contributed by atoms with Gasteiger partial charge < -0.3 is 14.9 Å². The third-order valence-electron chi connectivity index (χ3n) is 4.26. The Morgan fingerprint density at radius 1 is 0.893 bits per heavy atom. The van der Waals surface area contributed by atoms with Crippen molar-refractivity contribution >= 4 is 17.8 Å². The summed E-state index contributed by atoms with van der Waals surface area (Å²) in [6.45, 7) is 0.865. The van der Waals surface area contributed by atoms with Gasteiger partial charge in [0.1, 0.15) is 5.75 Å². The lowest BCUT2D eigenvalue weighted by Gasteiger charge is -2.07. The molecule has 0 aromatic heterocycles. The van der Waals surface area contributed by atoms with Crippen molar-refractivity contribution in [1.29, 1.82) is 0 Å². The lowest BCUT2D eigenvalue weighted by Crippen LogP contribution is -2.04. The zero-order chi connectivity index (χ0) is 20.2. The van der Waals surface area contributed by atoms with E-state index in [9.17, 15) is 9.59 Å². The van der Waals surface area contributed by atoms with E-state index in [0.717, 1.165) is 48.6 Å². The lowest BCUT2D eigenvalue weighted by atomic mass is 10.0. The van der Waals surface area contributed by atoms with Crippen molar-refractivity contribution in [2.45, 2.75) is 32.1 Å². The summed E-state index contributed by atoms with van der Waals surface area (Å²) in [4.78, 5) is 23.0. The summed E-state index contributed by atoms with van der Waals surface area (Å²) in [5, 5.41) is 17.4. The second-order valence-electron chi connectivity index (χ2n) is 6.52. The van der Waals surface area contributed by atoms with E-state index >= 15 is 0 Å². The van der Waals surface area contributed by atoms with Crippen molar-refractivity contribution in [2.75, 3.05) is 13.2 Å². The average molecular weight is 382 g/mol. The molecule has 0 amide bonds. The summed E-state index contributed by atoms with van der Waals surface area (Å²) in [6.07, 6.45) is 6.69. The number of hydrogen-bond donors (Lipinski definition) is 2. The van der Waals surface area contributed by atoms with E-state index in [1.807, 2.05) is 12.1 Å². The number of carbonyl (C=O) groups is 2. The van der Waals surface area contributed by atoms with Gasteiger partial charge in [-0.15, -0.1) is 0 Å². The Hall–Kier alpha value is -2.92. The van der Waals surface area contributed by atoms with Crippen LogP contribution >= 0.6 is 0 Å². The molecule has 5 nitrogen and oxygen atoms in total. The Morgan fingerprint density at radius 2 is 1.57 bits per heavy atom. The van der Waals surface area contributed by atoms with E-state index in [-0.39, 0.29) is 18.8 Å². The number of Topliss-reactive ketones (excluding diaryl/α,β-unsaturated/α-hetero) is 1. The number of aliphatic hydroxyl groups excluding tert-OH is 1. The summed E-state index contributed by atoms with van der Waals surface area (Å²) in [7, 11) is 0. The van der Waals surface area contributed by atoms with E-state index in [0.29, 0.717) is 12.2 Å². The van der Waals surface area contributed by atoms with Gasteiger partial charge in [-0.1, -0.05) is 30.7 Å². The molecular weight excluding hydrogens is 356 g/mol. The maximum atomic E-state index is 12.4. The highest BCUT2D eigenvalue weighted by Crippen LogP contribution is 2.16. The fourth-order valence-electron chi connectivity index (χ4n) is 2.70. The number of hydrogen-bond acceptors (Lipinski definition) is 4. The van der Waals surface area contributed by atoms with Gasteiger partial charge in [0.05, 0.1) is 6.61 Å². The Bertz CT molecular complexity index is 776. The fraction of sp³-hybridized carbons (Fsp3) is 0.304. The molecular formula is C23H26O5. The standard InChI is InChI=1S/C23H26O5/c24-15-3-1-2-4-16-28-21-12-10-20(11-13-21)22(25)17-19-7-5-18(6-8-19)9-14-23(26)27/h5-14,24H,1-4,15-17H2,(H,26,27)/b14-9+. The van der Waals surface area contributed by atoms with Crippen LogP contribution in [-0.4, -0.2) is 35.2 Å². The van der Waals surface area contributed by atoms with Crippen molar-refractivity contribution in [2.24, 2.45) is 0 Å². The molecule has 0 spiro atoms. The third-order valence-corrected chi connectivity index (χ3v) is 4.26. The number of ether oxygens (including phenoxy) is 1. The van der Waals surface area contributed by atoms with E-state index in [1.165, 1.54) is 6.08 Å². The van der Waals surface area contributed by atoms with Crippen LogP contribution in [0.15, 0.2) is 54.6 Å². The Kier molecular flexibility index (Phi) is 8.95. The second kappa shape index (κ2) is 11.7. The van der Waals surface area contributed by atoms with Crippen molar-refractivity contribution in [3.63, 3.8) is 0 Å². The number of benzene rings is 2. The predicted octanol–water partition coefficient (Wildman–Crippen LogP) is 4.14. The molecule has 0 radical (unpaired) electrons. The minimum absolute atomic E-state index is 0.0179. The van der Waals surface area contributed by atoms with Gasteiger partial charge >= 0.3 is 5.97 Å². The quantitative estimate of drug-likeness (QED) is 0.327. The van der Waals surface area contributed by atoms with Crippen LogP contribution in [0.2, 0.25) is 0 Å². The molecule has 0 aliphatic rings. The highest BCUT2D eigenvalue weighted by molar-refractivity contribution is 5.97. The van der Waals surface area contributed by atoms with Crippen LogP contribution in [0.5, 0.6) is 5.75 Å². The number of carbonyl (C=O) groups excluding carboxylic acids is 1. The maximum Gasteiger partial charge on any atom is 0.328 e. The Balaban J connectivity index is 1.81. The van der Waals surface area contributed by atoms with Gasteiger partial charge in [0.15, 0.2) is 5.78 Å². The highest BCUT2D eigenvalue weighted by Gasteiger charge is 2.07. The van der Waals surface area contributed by atoms with Gasteiger partial charge in [0, 0.05) is 24.7 Å². The molecule has 2 aromatic rings. The first kappa shape index (κ1) is 21.4. The van der Waals surface area contributed by atoms with E-state index in [4.69, 9.17) is 14.9 Å². The molecule has 148 valence electrons. The van der Waals surface area contributed by atoms with Crippen molar-refractivity contribution in [3.8, 4) is 5.75 Å². The zero-order valence-electron chi connectivity index (χ0n) is 15.8. The molecule has 0 saturated carbocycles. The molecule has 2 N–H and O–H groups in total. The van der Waals surface area contributed by atoms with E-state index < -0.39 is 5.97 Å². The normalized spacial score (nSPS) is 10.9. The van der Waals surface area contributed by atoms with Crippen molar-refractivity contribution in [3.05, 3.63) is 71.3 Å². The average Bonchev–Trinajstić information content (AvgIpc) is 2.70. The van der Waals surface area contributed by atoms with Crippen LogP contribution in [0.1, 0.15) is 47.2 Å². The van der Waals surface area contributed by atoms with E-state index in [1.54, 1.807) is 36.4 Å². The topological polar surface area (TPSA) is 83.8 Å². The van der Waals surface area contributed by atoms with Gasteiger partial charge in [-0.05, 0) is 60.7 Å². The summed E-state index contributed by atoms with van der Waals surface area (Å²) in [5.74, 6) is -0.231. The minimum Gasteiger partial charge on any atom is -0.494 e. The lowest BCUT2D eigenvalue weighted by molar-refractivity contribution is -0.131. The predicted molar refractivity (Wildman–Crippen MR) is 109 cm³/mol. The molecule has 0 bridgehead atoms. The minimum atomic E-state index is -0.992. The first-order valence-electron chi connectivity index (χ1n) is 9.45. The van der Waals surface area contributed by atoms with Crippen molar-refractivity contribution < 1.29 is 24.5 Å². The number of ketones is 1. The maximum absolute atomic E-state index is 12.4. The molecule has 0 fully saturated rings. The van der Waals surface area contributed by atoms with Gasteiger partial charge in [0.25, 0.3) is 0 Å². The smallest absolute Gasteiger partial charge is 0.328 e. The van der Waals surface area contributed by atoms with Crippen molar-refractivity contribution in [1.82, 2.24) is 0 Å². The van der Waals surface area contributed by atoms with Crippen LogP contribution < -0.4 is 4.74 Å². The SMILES string of the molecule is O=C(O)/C=C/c1ccc(CC(=O)c2ccc(OCCCCCCO)cc2)cc1. The molecule has 0 heterocycles. The molecule has 0 saturated heterocycles. The number of carboxylic acids is 1. The molecule has 2 aromatic carbocycles. The van der Waals surface area contributed by atoms with Crippen LogP contribution in [0.4, 0.5) is 0 Å². The number of carboxylic acid groups (broad SMARTS) is 1. The molecule has 5 heteroatoms. The van der Waals surface area contributed by atoms with Gasteiger partial charge in [0.2, 0.25) is 0 Å². The van der Waals surface area contributed by atoms with Gasteiger partial charge in [-0.2, -0.15) is 0 Å². The number of aliphatic carboxylic acids is 1. The number of aliphatic hydroxyl groups is 1. The fourth-order valence-corrected chi connectivity index (χ4v) is 2.70. The van der Waals surface area contributed by atoms with Gasteiger partial charge in [-0.3, -0.25) is 4.79 Å². The van der Waals surface area contributed by atoms with Gasteiger partial charge in [-0.25, -0.2) is 4.79 Å². The summed E-state index contributed by atoms with van der Waals surface area (Å²) in [6, 6.07) is 14.4. The third kappa shape index (κ3) is 7.76. The Morgan fingerprint density at radius 3 is 2.21 bits per heavy atom. The summed E-state index contributed by atoms with van der Waals surface area (Å²) < 4.78 is 5.67. The summed E-state index contributed by atoms with van der Waals surface area (Å²) >= 11 is 0. The molecule has 0 aliphatic heterocycles. The van der Waals surface area contributed by atoms with Crippen LogP contribution in [0, 0.1) is 0 Å². The largest absolute Gasteiger partial charge is 0.494 e. The number of rotatable bonds is 12. The second-order valence-corrected chi connectivity index (χ2v) is 6.52. The van der Waals surface area contributed by atoms with Crippen LogP contribution in [0.25, 0.3) is 6.08 Å². The molecule has 0 unspecified atom stereocenters. The van der Waals surface area contributed by atoms with E-state index in [2.05, 4.69) is 0 Å². The molecule has 0 atom stereocenters. The summed E-state index contributed by atoms with van der Waals surface area (Å²) in [5.41, 5.74) is 2.28. The molecule has 28 heavy (non-hydrogen) atoms.